The lowest BCUT2D eigenvalue weighted by Crippen LogP contribution is -2.40. The molecule has 0 aromatic carbocycles. The van der Waals surface area contributed by atoms with Crippen molar-refractivity contribution >= 4 is 11.7 Å². The topological polar surface area (TPSA) is 55.4 Å². The van der Waals surface area contributed by atoms with Crippen LogP contribution in [-0.2, 0) is 14.3 Å². The van der Waals surface area contributed by atoms with Gasteiger partial charge < -0.3 is 10.1 Å². The van der Waals surface area contributed by atoms with Crippen molar-refractivity contribution in [2.45, 2.75) is 88.5 Å². The van der Waals surface area contributed by atoms with Gasteiger partial charge in [-0.3, -0.25) is 9.59 Å². The third kappa shape index (κ3) is 12.5. The fourth-order valence-electron chi connectivity index (χ4n) is 3.50. The summed E-state index contributed by atoms with van der Waals surface area (Å²) in [5.41, 5.74) is -0.314. The van der Waals surface area contributed by atoms with Crippen LogP contribution < -0.4 is 5.32 Å². The first kappa shape index (κ1) is 27.1. The molecule has 0 saturated heterocycles. The first-order valence-corrected chi connectivity index (χ1v) is 11.0. The summed E-state index contributed by atoms with van der Waals surface area (Å²) in [5, 5.41) is 3.07. The summed E-state index contributed by atoms with van der Waals surface area (Å²) in [6, 6.07) is 0. The largest absolute Gasteiger partial charge is 0.380 e. The molecule has 0 aromatic heterocycles. The lowest BCUT2D eigenvalue weighted by molar-refractivity contribution is -0.127. The van der Waals surface area contributed by atoms with E-state index in [-0.39, 0.29) is 28.6 Å². The van der Waals surface area contributed by atoms with Crippen LogP contribution in [0.1, 0.15) is 88.5 Å². The van der Waals surface area contributed by atoms with Crippen LogP contribution in [0.3, 0.4) is 0 Å². The fourth-order valence-corrected chi connectivity index (χ4v) is 3.50. The van der Waals surface area contributed by atoms with Gasteiger partial charge in [-0.1, -0.05) is 69.2 Å². The Bertz CT molecular complexity index is 480. The van der Waals surface area contributed by atoms with Gasteiger partial charge in [-0.15, -0.1) is 0 Å². The van der Waals surface area contributed by atoms with E-state index >= 15 is 0 Å². The molecule has 0 rings (SSSR count). The molecule has 0 fully saturated rings. The van der Waals surface area contributed by atoms with Crippen LogP contribution in [0.2, 0.25) is 0 Å². The van der Waals surface area contributed by atoms with E-state index in [4.69, 9.17) is 4.74 Å². The standard InChI is InChI=1S/C24H47NO3/c1-17(2)11-19(5)21(26)13-23(7,8)15-28-16-24(9,10)14-25-22(27)20(6)12-18(3)4/h17-20H,11-16H2,1-10H3,(H,25,27). The summed E-state index contributed by atoms with van der Waals surface area (Å²) in [4.78, 5) is 24.7. The first-order chi connectivity index (χ1) is 12.6. The smallest absolute Gasteiger partial charge is 0.222 e. The van der Waals surface area contributed by atoms with E-state index in [0.29, 0.717) is 43.8 Å². The minimum atomic E-state index is -0.173. The highest BCUT2D eigenvalue weighted by atomic mass is 16.5. The Balaban J connectivity index is 4.36. The molecule has 0 saturated carbocycles. The Morgan fingerprint density at radius 2 is 1.25 bits per heavy atom. The van der Waals surface area contributed by atoms with E-state index in [1.54, 1.807) is 0 Å². The maximum absolute atomic E-state index is 12.5. The van der Waals surface area contributed by atoms with E-state index in [2.05, 4.69) is 60.7 Å². The van der Waals surface area contributed by atoms with E-state index in [1.165, 1.54) is 0 Å². The maximum Gasteiger partial charge on any atom is 0.222 e. The van der Waals surface area contributed by atoms with Gasteiger partial charge in [-0.25, -0.2) is 0 Å². The molecule has 1 amide bonds. The Morgan fingerprint density at radius 1 is 0.786 bits per heavy atom. The van der Waals surface area contributed by atoms with Crippen LogP contribution >= 0.6 is 0 Å². The normalized spacial score (nSPS) is 15.0. The van der Waals surface area contributed by atoms with E-state index in [9.17, 15) is 9.59 Å². The third-order valence-electron chi connectivity index (χ3n) is 5.03. The van der Waals surface area contributed by atoms with Crippen molar-refractivity contribution < 1.29 is 14.3 Å². The summed E-state index contributed by atoms with van der Waals surface area (Å²) in [5.74, 6) is 1.65. The van der Waals surface area contributed by atoms with Gasteiger partial charge in [0.1, 0.15) is 5.78 Å². The summed E-state index contributed by atoms with van der Waals surface area (Å²) >= 11 is 0. The monoisotopic (exact) mass is 397 g/mol. The number of carbonyl (C=O) groups excluding carboxylic acids is 2. The molecular weight excluding hydrogens is 350 g/mol. The molecule has 0 aliphatic carbocycles. The number of rotatable bonds is 14. The molecule has 0 bridgehead atoms. The van der Waals surface area contributed by atoms with Gasteiger partial charge in [0.15, 0.2) is 0 Å². The number of carbonyl (C=O) groups is 2. The number of ether oxygens (including phenoxy) is 1. The molecule has 0 aliphatic heterocycles. The second kappa shape index (κ2) is 11.9. The third-order valence-corrected chi connectivity index (χ3v) is 5.03. The van der Waals surface area contributed by atoms with Crippen molar-refractivity contribution in [2.75, 3.05) is 19.8 Å². The highest BCUT2D eigenvalue weighted by Crippen LogP contribution is 2.26. The van der Waals surface area contributed by atoms with Crippen molar-refractivity contribution in [1.29, 1.82) is 0 Å². The van der Waals surface area contributed by atoms with Crippen LogP contribution in [0.25, 0.3) is 0 Å². The van der Waals surface area contributed by atoms with Crippen LogP contribution in [0, 0.1) is 34.5 Å². The van der Waals surface area contributed by atoms with Crippen molar-refractivity contribution in [2.24, 2.45) is 34.5 Å². The Kier molecular flexibility index (Phi) is 11.6. The number of nitrogens with one attached hydrogen (secondary N) is 1. The summed E-state index contributed by atoms with van der Waals surface area (Å²) in [7, 11) is 0. The van der Waals surface area contributed by atoms with Gasteiger partial charge in [-0.05, 0) is 30.1 Å². The quantitative estimate of drug-likeness (QED) is 0.421. The number of amides is 1. The first-order valence-electron chi connectivity index (χ1n) is 11.0. The average Bonchev–Trinajstić information content (AvgIpc) is 2.50. The molecule has 0 spiro atoms. The molecule has 0 heterocycles. The van der Waals surface area contributed by atoms with Gasteiger partial charge in [0.25, 0.3) is 0 Å². The van der Waals surface area contributed by atoms with Gasteiger partial charge in [0.05, 0.1) is 13.2 Å². The number of hydrogen-bond donors (Lipinski definition) is 1. The van der Waals surface area contributed by atoms with Gasteiger partial charge in [-0.2, -0.15) is 0 Å². The van der Waals surface area contributed by atoms with E-state index in [1.807, 2.05) is 13.8 Å². The zero-order valence-electron chi connectivity index (χ0n) is 20.3. The second-order valence-electron chi connectivity index (χ2n) is 11.2. The molecule has 0 aliphatic rings. The number of Topliss-reactive ketones (excluding diaryl/α,β-unsaturated/α-hetero) is 1. The van der Waals surface area contributed by atoms with Crippen molar-refractivity contribution in [3.05, 3.63) is 0 Å². The molecule has 4 heteroatoms. The predicted molar refractivity (Wildman–Crippen MR) is 118 cm³/mol. The van der Waals surface area contributed by atoms with Crippen LogP contribution in [0.4, 0.5) is 0 Å². The molecule has 166 valence electrons. The Morgan fingerprint density at radius 3 is 1.75 bits per heavy atom. The van der Waals surface area contributed by atoms with Crippen molar-refractivity contribution in [1.82, 2.24) is 5.32 Å². The zero-order chi connectivity index (χ0) is 22.1. The molecular formula is C24H47NO3. The lowest BCUT2D eigenvalue weighted by atomic mass is 9.82. The van der Waals surface area contributed by atoms with Crippen LogP contribution in [-0.4, -0.2) is 31.4 Å². The van der Waals surface area contributed by atoms with E-state index < -0.39 is 0 Å². The molecule has 2 atom stereocenters. The van der Waals surface area contributed by atoms with Gasteiger partial charge in [0, 0.05) is 30.2 Å². The molecule has 0 aromatic rings. The fraction of sp³-hybridized carbons (Fsp3) is 0.917. The summed E-state index contributed by atoms with van der Waals surface area (Å²) in [6.45, 7) is 22.7. The number of hydrogen-bond acceptors (Lipinski definition) is 3. The van der Waals surface area contributed by atoms with Crippen molar-refractivity contribution in [3.63, 3.8) is 0 Å². The van der Waals surface area contributed by atoms with Gasteiger partial charge >= 0.3 is 0 Å². The summed E-state index contributed by atoms with van der Waals surface area (Å²) < 4.78 is 5.98. The molecule has 4 nitrogen and oxygen atoms in total. The molecule has 28 heavy (non-hydrogen) atoms. The molecule has 0 radical (unpaired) electrons. The molecule has 1 N–H and O–H groups in total. The van der Waals surface area contributed by atoms with Gasteiger partial charge in [0.2, 0.25) is 5.91 Å². The highest BCUT2D eigenvalue weighted by molar-refractivity contribution is 5.81. The Labute approximate surface area is 174 Å². The molecule has 2 unspecified atom stereocenters. The minimum Gasteiger partial charge on any atom is -0.380 e. The SMILES string of the molecule is CC(C)CC(C)C(=O)CC(C)(C)COCC(C)(C)CNC(=O)C(C)CC(C)C. The lowest BCUT2D eigenvalue weighted by Gasteiger charge is -2.30. The van der Waals surface area contributed by atoms with E-state index in [0.717, 1.165) is 12.8 Å². The van der Waals surface area contributed by atoms with Crippen molar-refractivity contribution in [3.8, 4) is 0 Å². The van der Waals surface area contributed by atoms with Crippen LogP contribution in [0.5, 0.6) is 0 Å². The van der Waals surface area contributed by atoms with Crippen LogP contribution in [0.15, 0.2) is 0 Å². The zero-order valence-corrected chi connectivity index (χ0v) is 20.3. The minimum absolute atomic E-state index is 0.0366. The average molecular weight is 398 g/mol. The number of ketones is 1. The highest BCUT2D eigenvalue weighted by Gasteiger charge is 2.27. The Hall–Kier alpha value is -0.900. The predicted octanol–water partition coefficient (Wildman–Crippen LogP) is 5.50. The maximum atomic E-state index is 12.5. The second-order valence-corrected chi connectivity index (χ2v) is 11.2. The summed E-state index contributed by atoms with van der Waals surface area (Å²) in [6.07, 6.45) is 2.39.